The first-order valence-electron chi connectivity index (χ1n) is 30.7. The number of carbonyl (C=O) groups excluding carboxylic acids is 10. The van der Waals surface area contributed by atoms with Crippen molar-refractivity contribution in [2.24, 2.45) is 11.7 Å². The minimum Gasteiger partial charge on any atom is -0.370 e. The Hall–Kier alpha value is -7.51. The number of likely N-dealkylation sites (N-methyl/N-ethyl adjacent to an activating group) is 1. The van der Waals surface area contributed by atoms with Crippen LogP contribution in [0.25, 0.3) is 10.1 Å². The lowest BCUT2D eigenvalue weighted by Gasteiger charge is -2.38. The number of piperidine rings is 2. The maximum absolute atomic E-state index is 14.8. The zero-order valence-electron chi connectivity index (χ0n) is 50.8. The number of rotatable bonds is 19. The minimum absolute atomic E-state index is 0.0311. The molecule has 0 radical (unpaired) electrons. The van der Waals surface area contributed by atoms with Crippen molar-refractivity contribution in [3.63, 3.8) is 0 Å². The summed E-state index contributed by atoms with van der Waals surface area (Å²) in [5, 5.41) is 11.0. The quantitative estimate of drug-likeness (QED) is 0.0506. The van der Waals surface area contributed by atoms with Crippen LogP contribution >= 0.6 is 18.9 Å². The normalized spacial score (nSPS) is 21.7. The number of fused-ring (bicyclic) bond motifs is 4. The van der Waals surface area contributed by atoms with Gasteiger partial charge < -0.3 is 56.0 Å². The molecule has 0 aliphatic carbocycles. The monoisotopic (exact) mass is 1280 g/mol. The molecule has 8 N–H and O–H groups in total. The Balaban J connectivity index is 0.785. The van der Waals surface area contributed by atoms with Gasteiger partial charge in [-0.15, -0.1) is 11.3 Å². The summed E-state index contributed by atoms with van der Waals surface area (Å²) in [6.45, 7) is 10.8. The molecule has 3 aromatic carbocycles. The highest BCUT2D eigenvalue weighted by Crippen LogP contribution is 2.59. The number of halogens is 2. The fourth-order valence-electron chi connectivity index (χ4n) is 13.3. The average molecular weight is 1280 g/mol. The van der Waals surface area contributed by atoms with E-state index in [0.29, 0.717) is 81.6 Å². The van der Waals surface area contributed by atoms with Crippen LogP contribution in [0.15, 0.2) is 60.7 Å². The molecule has 23 nitrogen and oxygen atoms in total. The van der Waals surface area contributed by atoms with Gasteiger partial charge in [0.25, 0.3) is 11.8 Å². The molecular formula is C63H77F2N10O13PS. The number of amides is 10. The lowest BCUT2D eigenvalue weighted by Crippen LogP contribution is -2.62. The minimum atomic E-state index is -5.88. The van der Waals surface area contributed by atoms with E-state index >= 15 is 0 Å². The van der Waals surface area contributed by atoms with E-state index in [-0.39, 0.29) is 103 Å². The van der Waals surface area contributed by atoms with Gasteiger partial charge in [0, 0.05) is 93.4 Å². The number of carbonyl (C=O) groups is 10. The van der Waals surface area contributed by atoms with Crippen LogP contribution in [0.1, 0.15) is 152 Å². The summed E-state index contributed by atoms with van der Waals surface area (Å²) in [5.74, 6) is -4.89. The van der Waals surface area contributed by atoms with Crippen molar-refractivity contribution in [2.45, 2.75) is 172 Å². The van der Waals surface area contributed by atoms with Gasteiger partial charge in [0.2, 0.25) is 47.3 Å². The largest absolute Gasteiger partial charge is 0.399 e. The van der Waals surface area contributed by atoms with Crippen LogP contribution < -0.4 is 27.0 Å². The van der Waals surface area contributed by atoms with Gasteiger partial charge in [0.15, 0.2) is 0 Å². The molecule has 10 rings (SSSR count). The summed E-state index contributed by atoms with van der Waals surface area (Å²) < 4.78 is 41.3. The number of alkyl halides is 2. The molecule has 482 valence electrons. The Morgan fingerprint density at radius 2 is 1.50 bits per heavy atom. The topological polar surface area (TPSA) is 319 Å². The Kier molecular flexibility index (Phi) is 19.2. The van der Waals surface area contributed by atoms with Crippen LogP contribution in [0.2, 0.25) is 0 Å². The van der Waals surface area contributed by atoms with Crippen molar-refractivity contribution in [1.82, 2.24) is 45.8 Å². The molecule has 0 spiro atoms. The smallest absolute Gasteiger partial charge is 0.370 e. The number of imide groups is 1. The van der Waals surface area contributed by atoms with Gasteiger partial charge in [-0.05, 0) is 127 Å². The van der Waals surface area contributed by atoms with Crippen molar-refractivity contribution in [3.8, 4) is 0 Å². The van der Waals surface area contributed by atoms with E-state index in [9.17, 15) is 71.1 Å². The first-order chi connectivity index (χ1) is 42.6. The molecule has 4 fully saturated rings. The Labute approximate surface area is 523 Å². The second-order valence-corrected chi connectivity index (χ2v) is 28.4. The summed E-state index contributed by atoms with van der Waals surface area (Å²) in [5.41, 5.74) is 4.91. The van der Waals surface area contributed by atoms with Crippen LogP contribution in [0, 0.1) is 5.92 Å². The van der Waals surface area contributed by atoms with E-state index in [2.05, 4.69) is 42.0 Å². The molecule has 90 heavy (non-hydrogen) atoms. The Bertz CT molecular complexity index is 3580. The molecular weight excluding hydrogens is 1210 g/mol. The molecule has 1 aromatic heterocycles. The predicted molar refractivity (Wildman–Crippen MR) is 326 cm³/mol. The molecule has 27 heteroatoms. The molecule has 6 aliphatic heterocycles. The van der Waals surface area contributed by atoms with Crippen molar-refractivity contribution in [1.29, 1.82) is 0 Å². The number of nitrogens with two attached hydrogens (primary N) is 1. The summed E-state index contributed by atoms with van der Waals surface area (Å²) in [4.78, 5) is 164. The summed E-state index contributed by atoms with van der Waals surface area (Å²) in [6, 6.07) is 9.78. The second kappa shape index (κ2) is 26.4. The van der Waals surface area contributed by atoms with Gasteiger partial charge in [0.05, 0.1) is 4.88 Å². The third-order valence-corrected chi connectivity index (χ3v) is 20.7. The fourth-order valence-corrected chi connectivity index (χ4v) is 14.7. The highest BCUT2D eigenvalue weighted by Gasteiger charge is 2.51. The first-order valence-corrected chi connectivity index (χ1v) is 33.2. The van der Waals surface area contributed by atoms with Crippen LogP contribution in [0.5, 0.6) is 0 Å². The van der Waals surface area contributed by atoms with Crippen LogP contribution in [-0.4, -0.2) is 162 Å². The van der Waals surface area contributed by atoms with Crippen molar-refractivity contribution in [2.75, 3.05) is 32.7 Å². The maximum atomic E-state index is 14.8. The molecule has 0 bridgehead atoms. The van der Waals surface area contributed by atoms with Crippen molar-refractivity contribution >= 4 is 88.1 Å². The standard InChI is InChI=1S/C63H77F2N10O13PS/c1-5-71-23-22-43-12-14-49(75(43)61(85)47(34-71)69-58(82)51-30-37-28-42(11-16-50(37)90-51)63(64,65)89(86,87)88)57(81)67-45(13-17-52(66)76)55(79)68-46(26-36-6-9-41(10-7-36)62(2,3)4)60(84)72-24-20-35(21-25-72)8-19-54(78)73-31-38-27-40-33-74(48-15-18-53(77)70-56(48)80)59(83)44(40)29-39(38)32-73/h6-7,9-11,16,27-30,35,43,45-49H,5,8,12-15,17-26,31-34H2,1-4H3,(H2,66,76)(H,67,81)(H,68,79)(H,69,82)(H,70,77,80)(H2,86,87,88)/t43-,45+,46+,47+,48?,49+/m1/s1. The first kappa shape index (κ1) is 65.4. The van der Waals surface area contributed by atoms with Gasteiger partial charge in [-0.25, -0.2) is 0 Å². The van der Waals surface area contributed by atoms with Gasteiger partial charge in [0.1, 0.15) is 30.2 Å². The van der Waals surface area contributed by atoms with E-state index < -0.39 is 90.5 Å². The fraction of sp³-hybridized carbons (Fsp3) is 0.524. The number of hydrogen-bond donors (Lipinski definition) is 7. The van der Waals surface area contributed by atoms with E-state index in [1.165, 1.54) is 21.9 Å². The number of thiophene rings is 1. The summed E-state index contributed by atoms with van der Waals surface area (Å²) in [7, 11) is -5.88. The van der Waals surface area contributed by atoms with Crippen LogP contribution in [-0.2, 0) is 80.1 Å². The van der Waals surface area contributed by atoms with E-state index in [0.717, 1.165) is 51.3 Å². The van der Waals surface area contributed by atoms with Crippen molar-refractivity contribution < 1.29 is 71.1 Å². The van der Waals surface area contributed by atoms with Crippen LogP contribution in [0.3, 0.4) is 0 Å². The number of likely N-dealkylation sites (tertiary alicyclic amines) is 1. The average Bonchev–Trinajstić information content (AvgIpc) is 1.76. The zero-order valence-corrected chi connectivity index (χ0v) is 52.5. The molecule has 7 heterocycles. The van der Waals surface area contributed by atoms with E-state index in [1.807, 2.05) is 48.2 Å². The number of primary amides is 1. The highest BCUT2D eigenvalue weighted by atomic mass is 32.1. The summed E-state index contributed by atoms with van der Waals surface area (Å²) in [6.07, 6.45) is 3.07. The molecule has 4 saturated heterocycles. The lowest BCUT2D eigenvalue weighted by atomic mass is 9.86. The molecule has 4 aromatic rings. The third-order valence-electron chi connectivity index (χ3n) is 18.6. The van der Waals surface area contributed by atoms with Gasteiger partial charge in [-0.3, -0.25) is 57.8 Å². The molecule has 1 unspecified atom stereocenters. The number of nitrogens with zero attached hydrogens (tertiary/aromatic N) is 5. The van der Waals surface area contributed by atoms with Gasteiger partial charge in [-0.1, -0.05) is 64.1 Å². The Morgan fingerprint density at radius 1 is 0.800 bits per heavy atom. The number of benzene rings is 3. The molecule has 6 atom stereocenters. The third kappa shape index (κ3) is 14.2. The van der Waals surface area contributed by atoms with E-state index in [1.54, 1.807) is 9.80 Å². The van der Waals surface area contributed by atoms with E-state index in [4.69, 9.17) is 5.73 Å². The lowest BCUT2D eigenvalue weighted by molar-refractivity contribution is -0.144. The SMILES string of the molecule is CCN1CC[C@H]2CC[C@@H](C(=O)N[C@@H](CCC(N)=O)C(=O)N[C@@H](Cc3ccc(C(C)(C)C)cc3)C(=O)N3CCC(CCC(=O)N4Cc5cc6c(cc5C4)C(=O)N(C4CCC(=O)NC4=O)C6)CC3)N2C(=O)[C@@H](NC(=O)c2cc3cc(C(F)(F)P(=O)(O)O)ccc3s2)C1. The number of hydrogen-bond acceptors (Lipinski definition) is 13. The molecule has 0 saturated carbocycles. The zero-order chi connectivity index (χ0) is 64.7. The Morgan fingerprint density at radius 3 is 2.17 bits per heavy atom. The second-order valence-electron chi connectivity index (χ2n) is 25.7. The van der Waals surface area contributed by atoms with Crippen LogP contribution in [0.4, 0.5) is 8.78 Å². The maximum Gasteiger partial charge on any atom is 0.399 e. The number of nitrogens with one attached hydrogen (secondary N) is 4. The highest BCUT2D eigenvalue weighted by molar-refractivity contribution is 7.52. The predicted octanol–water partition coefficient (Wildman–Crippen LogP) is 4.41. The van der Waals surface area contributed by atoms with Gasteiger partial charge >= 0.3 is 13.3 Å². The van der Waals surface area contributed by atoms with Gasteiger partial charge in [-0.2, -0.15) is 8.78 Å². The molecule has 6 aliphatic rings. The van der Waals surface area contributed by atoms with Crippen molar-refractivity contribution in [3.05, 3.63) is 104 Å². The molecule has 10 amide bonds. The summed E-state index contributed by atoms with van der Waals surface area (Å²) >= 11 is 0.926.